The van der Waals surface area contributed by atoms with Crippen molar-refractivity contribution in [2.24, 2.45) is 5.73 Å². The van der Waals surface area contributed by atoms with Crippen LogP contribution in [0.15, 0.2) is 18.2 Å². The molecule has 0 saturated heterocycles. The number of hydrogen-bond donors (Lipinski definition) is 1. The second kappa shape index (κ2) is 6.75. The van der Waals surface area contributed by atoms with Crippen LogP contribution in [-0.2, 0) is 24.4 Å². The zero-order chi connectivity index (χ0) is 15.3. The van der Waals surface area contributed by atoms with Gasteiger partial charge in [-0.3, -0.25) is 4.90 Å². The molecule has 0 aromatic heterocycles. The summed E-state index contributed by atoms with van der Waals surface area (Å²) in [5, 5.41) is 0. The molecule has 20 heavy (non-hydrogen) atoms. The quantitative estimate of drug-likeness (QED) is 0.856. The van der Waals surface area contributed by atoms with Crippen molar-refractivity contribution in [2.75, 3.05) is 0 Å². The molecule has 1 heterocycles. The van der Waals surface area contributed by atoms with Crippen molar-refractivity contribution in [2.45, 2.75) is 59.9 Å². The van der Waals surface area contributed by atoms with Crippen molar-refractivity contribution in [3.8, 4) is 0 Å². The Morgan fingerprint density at radius 2 is 1.85 bits per heavy atom. The molecule has 0 spiro atoms. The third-order valence-corrected chi connectivity index (χ3v) is 2.88. The molecular formula is C16H26N2O2. The van der Waals surface area contributed by atoms with Crippen LogP contribution in [0.25, 0.3) is 0 Å². The van der Waals surface area contributed by atoms with Gasteiger partial charge in [0.2, 0.25) is 0 Å². The van der Waals surface area contributed by atoms with E-state index in [1.165, 1.54) is 11.1 Å². The van der Waals surface area contributed by atoms with Gasteiger partial charge in [0, 0.05) is 19.6 Å². The van der Waals surface area contributed by atoms with Gasteiger partial charge in [-0.05, 0) is 37.5 Å². The molecule has 1 aromatic rings. The third-order valence-electron chi connectivity index (χ3n) is 2.88. The number of benzene rings is 1. The fourth-order valence-corrected chi connectivity index (χ4v) is 2.03. The van der Waals surface area contributed by atoms with E-state index in [4.69, 9.17) is 10.5 Å². The van der Waals surface area contributed by atoms with Crippen molar-refractivity contribution in [1.82, 2.24) is 4.90 Å². The number of nitrogens with two attached hydrogens (primary N) is 1. The predicted molar refractivity (Wildman–Crippen MR) is 81.2 cm³/mol. The van der Waals surface area contributed by atoms with Gasteiger partial charge in [0.25, 0.3) is 0 Å². The number of hydrogen-bond acceptors (Lipinski definition) is 3. The summed E-state index contributed by atoms with van der Waals surface area (Å²) in [6.07, 6.45) is -0.256. The molecule has 0 fully saturated rings. The Balaban J connectivity index is 0.000000956. The molecule has 0 unspecified atom stereocenters. The Hall–Kier alpha value is -1.55. The molecule has 4 nitrogen and oxygen atoms in total. The Labute approximate surface area is 121 Å². The summed E-state index contributed by atoms with van der Waals surface area (Å²) >= 11 is 0. The van der Waals surface area contributed by atoms with Crippen molar-refractivity contribution < 1.29 is 9.53 Å². The highest BCUT2D eigenvalue weighted by molar-refractivity contribution is 5.69. The first-order valence-corrected chi connectivity index (χ1v) is 7.18. The molecular weight excluding hydrogens is 252 g/mol. The maximum Gasteiger partial charge on any atom is 0.410 e. The topological polar surface area (TPSA) is 55.6 Å². The molecule has 0 radical (unpaired) electrons. The van der Waals surface area contributed by atoms with E-state index < -0.39 is 5.60 Å². The molecule has 1 aliphatic rings. The van der Waals surface area contributed by atoms with E-state index in [2.05, 4.69) is 6.07 Å². The number of fused-ring (bicyclic) bond motifs is 1. The molecule has 4 heteroatoms. The van der Waals surface area contributed by atoms with E-state index in [-0.39, 0.29) is 6.09 Å². The van der Waals surface area contributed by atoms with Gasteiger partial charge in [0.05, 0.1) is 0 Å². The molecule has 0 atom stereocenters. The average molecular weight is 278 g/mol. The Kier molecular flexibility index (Phi) is 5.57. The van der Waals surface area contributed by atoms with Gasteiger partial charge in [0.15, 0.2) is 0 Å². The van der Waals surface area contributed by atoms with Gasteiger partial charge >= 0.3 is 6.09 Å². The highest BCUT2D eigenvalue weighted by atomic mass is 16.6. The summed E-state index contributed by atoms with van der Waals surface area (Å²) in [7, 11) is 0. The highest BCUT2D eigenvalue weighted by Crippen LogP contribution is 2.25. The van der Waals surface area contributed by atoms with Crippen molar-refractivity contribution in [3.63, 3.8) is 0 Å². The largest absolute Gasteiger partial charge is 0.444 e. The summed E-state index contributed by atoms with van der Waals surface area (Å²) in [4.78, 5) is 13.7. The van der Waals surface area contributed by atoms with E-state index >= 15 is 0 Å². The smallest absolute Gasteiger partial charge is 0.410 e. The maximum atomic E-state index is 12.0. The summed E-state index contributed by atoms with van der Waals surface area (Å²) in [6, 6.07) is 6.12. The molecule has 2 rings (SSSR count). The second-order valence-corrected chi connectivity index (χ2v) is 5.64. The third kappa shape index (κ3) is 4.23. The normalized spacial score (nSPS) is 13.4. The Morgan fingerprint density at radius 3 is 2.40 bits per heavy atom. The summed E-state index contributed by atoms with van der Waals surface area (Å²) < 4.78 is 5.37. The van der Waals surface area contributed by atoms with Crippen LogP contribution in [0.4, 0.5) is 4.79 Å². The average Bonchev–Trinajstić information content (AvgIpc) is 2.82. The van der Waals surface area contributed by atoms with E-state index in [1.54, 1.807) is 4.90 Å². The summed E-state index contributed by atoms with van der Waals surface area (Å²) in [5.41, 5.74) is 8.61. The van der Waals surface area contributed by atoms with Crippen LogP contribution in [0.3, 0.4) is 0 Å². The van der Waals surface area contributed by atoms with Gasteiger partial charge in [0.1, 0.15) is 5.60 Å². The second-order valence-electron chi connectivity index (χ2n) is 5.64. The lowest BCUT2D eigenvalue weighted by atomic mass is 10.1. The molecule has 0 saturated carbocycles. The Bertz CT molecular complexity index is 464. The lowest BCUT2D eigenvalue weighted by molar-refractivity contribution is 0.0242. The first-order chi connectivity index (χ1) is 9.39. The van der Waals surface area contributed by atoms with E-state index in [1.807, 2.05) is 46.8 Å². The fourth-order valence-electron chi connectivity index (χ4n) is 2.03. The minimum absolute atomic E-state index is 0.256. The number of amides is 1. The standard InChI is InChI=1S/C14H20N2O2.C2H6/c1-14(2,3)18-13(17)16-8-11-5-4-10(7-15)6-12(11)9-16;1-2/h4-6H,7-9,15H2,1-3H3;1-2H3. The van der Waals surface area contributed by atoms with Gasteiger partial charge in [-0.25, -0.2) is 4.79 Å². The lowest BCUT2D eigenvalue weighted by Crippen LogP contribution is -2.33. The van der Waals surface area contributed by atoms with Gasteiger partial charge in [-0.15, -0.1) is 0 Å². The van der Waals surface area contributed by atoms with Crippen molar-refractivity contribution in [3.05, 3.63) is 34.9 Å². The number of ether oxygens (including phenoxy) is 1. The van der Waals surface area contributed by atoms with Crippen LogP contribution < -0.4 is 5.73 Å². The Morgan fingerprint density at radius 1 is 1.25 bits per heavy atom. The first kappa shape index (κ1) is 16.5. The number of carbonyl (C=O) groups excluding carboxylic acids is 1. The molecule has 1 aromatic carbocycles. The SMILES string of the molecule is CC.CC(C)(C)OC(=O)N1Cc2ccc(CN)cc2C1. The van der Waals surface area contributed by atoms with Crippen LogP contribution in [0.5, 0.6) is 0 Å². The van der Waals surface area contributed by atoms with Gasteiger partial charge < -0.3 is 10.5 Å². The zero-order valence-corrected chi connectivity index (χ0v) is 13.2. The summed E-state index contributed by atoms with van der Waals surface area (Å²) in [5.74, 6) is 0. The van der Waals surface area contributed by atoms with Crippen LogP contribution in [-0.4, -0.2) is 16.6 Å². The number of carbonyl (C=O) groups is 1. The van der Waals surface area contributed by atoms with Crippen LogP contribution in [0.1, 0.15) is 51.3 Å². The minimum Gasteiger partial charge on any atom is -0.444 e. The van der Waals surface area contributed by atoms with Crippen LogP contribution >= 0.6 is 0 Å². The van der Waals surface area contributed by atoms with Crippen LogP contribution in [0.2, 0.25) is 0 Å². The van der Waals surface area contributed by atoms with Gasteiger partial charge in [-0.1, -0.05) is 32.0 Å². The number of rotatable bonds is 1. The van der Waals surface area contributed by atoms with E-state index in [9.17, 15) is 4.79 Å². The van der Waals surface area contributed by atoms with E-state index in [0.29, 0.717) is 19.6 Å². The molecule has 0 aliphatic carbocycles. The van der Waals surface area contributed by atoms with Crippen molar-refractivity contribution in [1.29, 1.82) is 0 Å². The molecule has 1 aliphatic heterocycles. The van der Waals surface area contributed by atoms with Crippen molar-refractivity contribution >= 4 is 6.09 Å². The lowest BCUT2D eigenvalue weighted by Gasteiger charge is -2.24. The van der Waals surface area contributed by atoms with Crippen LogP contribution in [0, 0.1) is 0 Å². The zero-order valence-electron chi connectivity index (χ0n) is 13.2. The molecule has 1 amide bonds. The predicted octanol–water partition coefficient (Wildman–Crippen LogP) is 3.42. The monoisotopic (exact) mass is 278 g/mol. The molecule has 2 N–H and O–H groups in total. The number of nitrogens with zero attached hydrogens (tertiary/aromatic N) is 1. The van der Waals surface area contributed by atoms with E-state index in [0.717, 1.165) is 5.56 Å². The minimum atomic E-state index is -0.450. The highest BCUT2D eigenvalue weighted by Gasteiger charge is 2.27. The summed E-state index contributed by atoms with van der Waals surface area (Å²) in [6.45, 7) is 11.4. The fraction of sp³-hybridized carbons (Fsp3) is 0.562. The molecule has 112 valence electrons. The first-order valence-electron chi connectivity index (χ1n) is 7.18. The van der Waals surface area contributed by atoms with Gasteiger partial charge in [-0.2, -0.15) is 0 Å². The molecule has 0 bridgehead atoms. The maximum absolute atomic E-state index is 12.0.